The summed E-state index contributed by atoms with van der Waals surface area (Å²) >= 11 is 0. The smallest absolute Gasteiger partial charge is 0.326 e. The monoisotopic (exact) mass is 339 g/mol. The number of benzene rings is 1. The number of hydrogen-bond donors (Lipinski definition) is 1. The third kappa shape index (κ3) is 2.84. The van der Waals surface area contributed by atoms with Gasteiger partial charge in [-0.2, -0.15) is 0 Å². The van der Waals surface area contributed by atoms with Crippen LogP contribution in [0.15, 0.2) is 47.3 Å². The van der Waals surface area contributed by atoms with Crippen LogP contribution in [0.2, 0.25) is 0 Å². The maximum Gasteiger partial charge on any atom is 0.326 e. The standard InChI is InChI=1S/C20H21NO4/c22-19(15-6-3-5-13(10-15)16-8-9-25-12-16)21-17-7-2-1-4-14(17)11-18(21)20(23)24/h3,5-6,8-10,12,14,17-18H,1-2,4,7,11H2,(H,23,24). The number of aliphatic carboxylic acids is 1. The second-order valence-electron chi connectivity index (χ2n) is 7.01. The van der Waals surface area contributed by atoms with E-state index in [1.807, 2.05) is 24.3 Å². The number of carboxylic acids is 1. The van der Waals surface area contributed by atoms with Gasteiger partial charge in [0.05, 0.1) is 12.5 Å². The molecule has 0 spiro atoms. The summed E-state index contributed by atoms with van der Waals surface area (Å²) in [5, 5.41) is 9.62. The lowest BCUT2D eigenvalue weighted by Gasteiger charge is -2.33. The predicted molar refractivity (Wildman–Crippen MR) is 92.1 cm³/mol. The summed E-state index contributed by atoms with van der Waals surface area (Å²) in [5.41, 5.74) is 2.34. The topological polar surface area (TPSA) is 70.8 Å². The first kappa shape index (κ1) is 15.9. The van der Waals surface area contributed by atoms with E-state index in [-0.39, 0.29) is 11.9 Å². The fourth-order valence-corrected chi connectivity index (χ4v) is 4.38. The summed E-state index contributed by atoms with van der Waals surface area (Å²) in [4.78, 5) is 26.6. The third-order valence-corrected chi connectivity index (χ3v) is 5.57. The largest absolute Gasteiger partial charge is 0.480 e. The second-order valence-corrected chi connectivity index (χ2v) is 7.01. The van der Waals surface area contributed by atoms with Crippen molar-refractivity contribution in [3.8, 4) is 11.1 Å². The fraction of sp³-hybridized carbons (Fsp3) is 0.400. The lowest BCUT2D eigenvalue weighted by Crippen LogP contribution is -2.46. The van der Waals surface area contributed by atoms with Crippen molar-refractivity contribution in [2.75, 3.05) is 0 Å². The molecule has 1 amide bonds. The van der Waals surface area contributed by atoms with Crippen LogP contribution in [0, 0.1) is 5.92 Å². The van der Waals surface area contributed by atoms with Crippen molar-refractivity contribution >= 4 is 11.9 Å². The number of fused-ring (bicyclic) bond motifs is 1. The quantitative estimate of drug-likeness (QED) is 0.923. The van der Waals surface area contributed by atoms with Gasteiger partial charge in [0, 0.05) is 17.2 Å². The Kier molecular flexibility index (Phi) is 4.07. The van der Waals surface area contributed by atoms with Gasteiger partial charge in [-0.05, 0) is 48.9 Å². The first-order valence-electron chi connectivity index (χ1n) is 8.83. The van der Waals surface area contributed by atoms with E-state index in [1.165, 1.54) is 0 Å². The summed E-state index contributed by atoms with van der Waals surface area (Å²) in [6.07, 6.45) is 7.92. The molecule has 1 aliphatic heterocycles. The number of carbonyl (C=O) groups excluding carboxylic acids is 1. The summed E-state index contributed by atoms with van der Waals surface area (Å²) < 4.78 is 5.12. The van der Waals surface area contributed by atoms with E-state index in [0.717, 1.165) is 36.8 Å². The Morgan fingerprint density at radius 3 is 2.72 bits per heavy atom. The molecule has 1 aromatic carbocycles. The van der Waals surface area contributed by atoms with E-state index in [9.17, 15) is 14.7 Å². The maximum absolute atomic E-state index is 13.2. The van der Waals surface area contributed by atoms with Crippen LogP contribution in [-0.4, -0.2) is 34.0 Å². The Morgan fingerprint density at radius 1 is 1.12 bits per heavy atom. The van der Waals surface area contributed by atoms with Gasteiger partial charge in [-0.3, -0.25) is 4.79 Å². The summed E-state index contributed by atoms with van der Waals surface area (Å²) in [6, 6.07) is 8.53. The maximum atomic E-state index is 13.2. The Balaban J connectivity index is 1.67. The predicted octanol–water partition coefficient (Wildman–Crippen LogP) is 3.80. The minimum Gasteiger partial charge on any atom is -0.480 e. The molecule has 25 heavy (non-hydrogen) atoms. The van der Waals surface area contributed by atoms with Gasteiger partial charge in [0.25, 0.3) is 5.91 Å². The molecular weight excluding hydrogens is 318 g/mol. The summed E-state index contributed by atoms with van der Waals surface area (Å²) in [5.74, 6) is -0.753. The molecule has 3 unspecified atom stereocenters. The number of amides is 1. The molecule has 0 radical (unpaired) electrons. The van der Waals surface area contributed by atoms with E-state index in [4.69, 9.17) is 4.42 Å². The normalized spacial score (nSPS) is 25.6. The van der Waals surface area contributed by atoms with Crippen LogP contribution in [0.25, 0.3) is 11.1 Å². The van der Waals surface area contributed by atoms with Crippen molar-refractivity contribution in [1.82, 2.24) is 4.90 Å². The Morgan fingerprint density at radius 2 is 1.96 bits per heavy atom. The first-order chi connectivity index (χ1) is 12.1. The lowest BCUT2D eigenvalue weighted by atomic mass is 9.84. The van der Waals surface area contributed by atoms with Gasteiger partial charge in [-0.25, -0.2) is 4.79 Å². The van der Waals surface area contributed by atoms with E-state index < -0.39 is 12.0 Å². The number of carbonyl (C=O) groups is 2. The molecule has 0 bridgehead atoms. The van der Waals surface area contributed by atoms with Crippen molar-refractivity contribution in [2.45, 2.75) is 44.2 Å². The zero-order chi connectivity index (χ0) is 17.4. The summed E-state index contributed by atoms with van der Waals surface area (Å²) in [6.45, 7) is 0. The molecule has 2 fully saturated rings. The van der Waals surface area contributed by atoms with Crippen LogP contribution < -0.4 is 0 Å². The Hall–Kier alpha value is -2.56. The van der Waals surface area contributed by atoms with Gasteiger partial charge in [0.15, 0.2) is 0 Å². The van der Waals surface area contributed by atoms with Crippen molar-refractivity contribution < 1.29 is 19.1 Å². The molecule has 2 aromatic rings. The number of furan rings is 1. The molecule has 130 valence electrons. The number of nitrogens with zero attached hydrogens (tertiary/aromatic N) is 1. The minimum absolute atomic E-state index is 0.0555. The molecule has 4 rings (SSSR count). The van der Waals surface area contributed by atoms with Gasteiger partial charge in [0.2, 0.25) is 0 Å². The van der Waals surface area contributed by atoms with Gasteiger partial charge >= 0.3 is 5.97 Å². The molecular formula is C20H21NO4. The third-order valence-electron chi connectivity index (χ3n) is 5.57. The number of likely N-dealkylation sites (tertiary alicyclic amines) is 1. The molecule has 5 heteroatoms. The minimum atomic E-state index is -0.895. The van der Waals surface area contributed by atoms with E-state index in [1.54, 1.807) is 23.5 Å². The van der Waals surface area contributed by atoms with Gasteiger partial charge in [0.1, 0.15) is 6.04 Å². The lowest BCUT2D eigenvalue weighted by molar-refractivity contribution is -0.141. The molecule has 1 N–H and O–H groups in total. The molecule has 2 heterocycles. The molecule has 1 aliphatic carbocycles. The van der Waals surface area contributed by atoms with Crippen LogP contribution in [0.4, 0.5) is 0 Å². The van der Waals surface area contributed by atoms with E-state index >= 15 is 0 Å². The van der Waals surface area contributed by atoms with Gasteiger partial charge in [-0.1, -0.05) is 25.0 Å². The average molecular weight is 339 g/mol. The first-order valence-corrected chi connectivity index (χ1v) is 8.83. The molecule has 2 aliphatic rings. The average Bonchev–Trinajstić information content (AvgIpc) is 3.29. The number of rotatable bonds is 3. The zero-order valence-electron chi connectivity index (χ0n) is 13.9. The highest BCUT2D eigenvalue weighted by molar-refractivity contribution is 5.98. The van der Waals surface area contributed by atoms with Crippen LogP contribution in [0.3, 0.4) is 0 Å². The van der Waals surface area contributed by atoms with Crippen molar-refractivity contribution in [1.29, 1.82) is 0 Å². The fourth-order valence-electron chi connectivity index (χ4n) is 4.38. The Bertz CT molecular complexity index is 783. The Labute approximate surface area is 146 Å². The van der Waals surface area contributed by atoms with Crippen molar-refractivity contribution in [3.05, 3.63) is 48.4 Å². The van der Waals surface area contributed by atoms with Crippen molar-refractivity contribution in [3.63, 3.8) is 0 Å². The van der Waals surface area contributed by atoms with Crippen LogP contribution in [0.5, 0.6) is 0 Å². The molecule has 1 saturated heterocycles. The van der Waals surface area contributed by atoms with Crippen LogP contribution in [-0.2, 0) is 4.79 Å². The SMILES string of the molecule is O=C(O)C1CC2CCCCC2N1C(=O)c1cccc(-c2ccoc2)c1. The summed E-state index contributed by atoms with van der Waals surface area (Å²) in [7, 11) is 0. The number of carboxylic acid groups (broad SMARTS) is 1. The highest BCUT2D eigenvalue weighted by Gasteiger charge is 2.47. The van der Waals surface area contributed by atoms with Gasteiger partial charge < -0.3 is 14.4 Å². The zero-order valence-corrected chi connectivity index (χ0v) is 13.9. The highest BCUT2D eigenvalue weighted by atomic mass is 16.4. The van der Waals surface area contributed by atoms with Crippen molar-refractivity contribution in [2.24, 2.45) is 5.92 Å². The van der Waals surface area contributed by atoms with Crippen LogP contribution >= 0.6 is 0 Å². The molecule has 3 atom stereocenters. The molecule has 1 saturated carbocycles. The van der Waals surface area contributed by atoms with Crippen LogP contribution in [0.1, 0.15) is 42.5 Å². The molecule has 5 nitrogen and oxygen atoms in total. The van der Waals surface area contributed by atoms with E-state index in [2.05, 4.69) is 0 Å². The van der Waals surface area contributed by atoms with E-state index in [0.29, 0.717) is 17.9 Å². The second kappa shape index (κ2) is 6.39. The molecule has 1 aromatic heterocycles. The number of hydrogen-bond acceptors (Lipinski definition) is 3. The van der Waals surface area contributed by atoms with Gasteiger partial charge in [-0.15, -0.1) is 0 Å². The highest BCUT2D eigenvalue weighted by Crippen LogP contribution is 2.40.